The van der Waals surface area contributed by atoms with Crippen LogP contribution in [-0.4, -0.2) is 48.9 Å². The number of aliphatic hydroxyl groups excluding tert-OH is 1. The number of unbranched alkanes of at least 4 members (excludes halogenated alkanes) is 5. The minimum absolute atomic E-state index is 0. The SMILES string of the molecule is CCCCCCCCC(C)O.[Ca+2].[H-].[H-]. The van der Waals surface area contributed by atoms with E-state index in [1.165, 1.54) is 38.5 Å². The number of aliphatic hydroxyl groups is 1. The molecule has 0 spiro atoms. The van der Waals surface area contributed by atoms with Gasteiger partial charge in [0.05, 0.1) is 6.10 Å². The van der Waals surface area contributed by atoms with Crippen LogP contribution in [0, 0.1) is 0 Å². The summed E-state index contributed by atoms with van der Waals surface area (Å²) in [5.74, 6) is 0. The first-order valence-electron chi connectivity index (χ1n) is 4.95. The molecule has 0 saturated heterocycles. The topological polar surface area (TPSA) is 20.2 Å². The van der Waals surface area contributed by atoms with Gasteiger partial charge in [-0.2, -0.15) is 0 Å². The first-order chi connectivity index (χ1) is 5.27. The fourth-order valence-electron chi connectivity index (χ4n) is 1.22. The molecular formula is C10H24CaO. The third-order valence-electron chi connectivity index (χ3n) is 1.98. The minimum atomic E-state index is -0.0961. The van der Waals surface area contributed by atoms with Crippen molar-refractivity contribution in [2.45, 2.75) is 64.9 Å². The molecule has 0 aromatic rings. The molecular weight excluding hydrogens is 176 g/mol. The molecule has 0 bridgehead atoms. The van der Waals surface area contributed by atoms with Crippen LogP contribution in [0.4, 0.5) is 0 Å². The van der Waals surface area contributed by atoms with Gasteiger partial charge in [-0.1, -0.05) is 45.4 Å². The molecule has 72 valence electrons. The monoisotopic (exact) mass is 200 g/mol. The number of hydrogen-bond acceptors (Lipinski definition) is 1. The smallest absolute Gasteiger partial charge is 1.00 e. The van der Waals surface area contributed by atoms with Gasteiger partial charge in [-0.25, -0.2) is 0 Å². The Morgan fingerprint density at radius 1 is 1.08 bits per heavy atom. The van der Waals surface area contributed by atoms with Crippen LogP contribution in [0.15, 0.2) is 0 Å². The van der Waals surface area contributed by atoms with Crippen LogP contribution in [0.3, 0.4) is 0 Å². The van der Waals surface area contributed by atoms with Gasteiger partial charge in [0.25, 0.3) is 0 Å². The van der Waals surface area contributed by atoms with Crippen molar-refractivity contribution in [3.63, 3.8) is 0 Å². The Kier molecular flexibility index (Phi) is 16.0. The Morgan fingerprint density at radius 3 is 2.08 bits per heavy atom. The Labute approximate surface area is 110 Å². The summed E-state index contributed by atoms with van der Waals surface area (Å²) >= 11 is 0. The van der Waals surface area contributed by atoms with Gasteiger partial charge in [-0.15, -0.1) is 0 Å². The maximum absolute atomic E-state index is 8.96. The second-order valence-electron chi connectivity index (χ2n) is 3.41. The molecule has 0 rings (SSSR count). The molecule has 0 aliphatic heterocycles. The molecule has 0 aromatic heterocycles. The van der Waals surface area contributed by atoms with E-state index in [-0.39, 0.29) is 46.7 Å². The fraction of sp³-hybridized carbons (Fsp3) is 1.00. The fourth-order valence-corrected chi connectivity index (χ4v) is 1.22. The molecule has 0 amide bonds. The number of rotatable bonds is 7. The van der Waals surface area contributed by atoms with Gasteiger partial charge in [0.15, 0.2) is 0 Å². The summed E-state index contributed by atoms with van der Waals surface area (Å²) in [6, 6.07) is 0. The Hall–Kier alpha value is 1.22. The average Bonchev–Trinajstić information content (AvgIpc) is 1.96. The molecule has 0 saturated carbocycles. The molecule has 1 unspecified atom stereocenters. The normalized spacial score (nSPS) is 12.2. The van der Waals surface area contributed by atoms with E-state index in [0.717, 1.165) is 6.42 Å². The van der Waals surface area contributed by atoms with Crippen LogP contribution in [0.1, 0.15) is 61.6 Å². The molecule has 0 radical (unpaired) electrons. The zero-order chi connectivity index (χ0) is 8.53. The van der Waals surface area contributed by atoms with Crippen molar-refractivity contribution in [2.75, 3.05) is 0 Å². The molecule has 0 aliphatic rings. The summed E-state index contributed by atoms with van der Waals surface area (Å²) < 4.78 is 0. The summed E-state index contributed by atoms with van der Waals surface area (Å²) in [7, 11) is 0. The van der Waals surface area contributed by atoms with Gasteiger partial charge in [-0.05, 0) is 13.3 Å². The second-order valence-corrected chi connectivity index (χ2v) is 3.41. The predicted octanol–water partition coefficient (Wildman–Crippen LogP) is 2.96. The maximum Gasteiger partial charge on any atom is 2.00 e. The molecule has 1 nitrogen and oxygen atoms in total. The second kappa shape index (κ2) is 12.2. The predicted molar refractivity (Wildman–Crippen MR) is 57.7 cm³/mol. The van der Waals surface area contributed by atoms with Gasteiger partial charge < -0.3 is 7.96 Å². The van der Waals surface area contributed by atoms with Crippen LogP contribution in [0.25, 0.3) is 0 Å². The van der Waals surface area contributed by atoms with Crippen LogP contribution in [0.5, 0.6) is 0 Å². The van der Waals surface area contributed by atoms with Gasteiger partial charge in [0.2, 0.25) is 0 Å². The van der Waals surface area contributed by atoms with Crippen molar-refractivity contribution in [2.24, 2.45) is 0 Å². The minimum Gasteiger partial charge on any atom is -1.00 e. The summed E-state index contributed by atoms with van der Waals surface area (Å²) in [5, 5.41) is 8.96. The van der Waals surface area contributed by atoms with E-state index < -0.39 is 0 Å². The van der Waals surface area contributed by atoms with Crippen molar-refractivity contribution in [1.82, 2.24) is 0 Å². The molecule has 1 N–H and O–H groups in total. The summed E-state index contributed by atoms with van der Waals surface area (Å²) in [6.07, 6.45) is 8.78. The molecule has 0 aromatic carbocycles. The van der Waals surface area contributed by atoms with E-state index in [9.17, 15) is 0 Å². The number of hydrogen-bond donors (Lipinski definition) is 1. The largest absolute Gasteiger partial charge is 2.00 e. The van der Waals surface area contributed by atoms with Gasteiger partial charge >= 0.3 is 37.7 Å². The van der Waals surface area contributed by atoms with E-state index in [1.807, 2.05) is 6.92 Å². The van der Waals surface area contributed by atoms with Gasteiger partial charge in [0, 0.05) is 0 Å². The quantitative estimate of drug-likeness (QED) is 0.495. The maximum atomic E-state index is 8.96. The van der Waals surface area contributed by atoms with Crippen LogP contribution in [-0.2, 0) is 0 Å². The van der Waals surface area contributed by atoms with Crippen molar-refractivity contribution >= 4 is 37.7 Å². The van der Waals surface area contributed by atoms with Gasteiger partial charge in [-0.3, -0.25) is 0 Å². The molecule has 0 aliphatic carbocycles. The summed E-state index contributed by atoms with van der Waals surface area (Å²) in [6.45, 7) is 4.10. The molecule has 12 heavy (non-hydrogen) atoms. The van der Waals surface area contributed by atoms with Crippen LogP contribution >= 0.6 is 0 Å². The Balaban J connectivity index is -0.000000167. The standard InChI is InChI=1S/C10H22O.Ca.2H/c1-3-4-5-6-7-8-9-10(2)11;;;/h10-11H,3-9H2,1-2H3;;;/q;+2;2*-1. The van der Waals surface area contributed by atoms with Crippen LogP contribution < -0.4 is 0 Å². The van der Waals surface area contributed by atoms with Gasteiger partial charge in [0.1, 0.15) is 0 Å². The van der Waals surface area contributed by atoms with E-state index in [4.69, 9.17) is 5.11 Å². The van der Waals surface area contributed by atoms with Crippen LogP contribution in [0.2, 0.25) is 0 Å². The molecule has 0 heterocycles. The zero-order valence-corrected chi connectivity index (χ0v) is 10.9. The van der Waals surface area contributed by atoms with Crippen molar-refractivity contribution in [1.29, 1.82) is 0 Å². The van der Waals surface area contributed by atoms with E-state index in [0.29, 0.717) is 0 Å². The first-order valence-corrected chi connectivity index (χ1v) is 4.95. The van der Waals surface area contributed by atoms with Crippen molar-refractivity contribution < 1.29 is 7.96 Å². The Bertz CT molecular complexity index is 82.5. The summed E-state index contributed by atoms with van der Waals surface area (Å²) in [4.78, 5) is 0. The third kappa shape index (κ3) is 13.8. The summed E-state index contributed by atoms with van der Waals surface area (Å²) in [5.41, 5.74) is 0. The third-order valence-corrected chi connectivity index (χ3v) is 1.98. The van der Waals surface area contributed by atoms with E-state index in [1.54, 1.807) is 0 Å². The van der Waals surface area contributed by atoms with Crippen molar-refractivity contribution in [3.8, 4) is 0 Å². The Morgan fingerprint density at radius 2 is 1.58 bits per heavy atom. The van der Waals surface area contributed by atoms with E-state index >= 15 is 0 Å². The molecule has 0 fully saturated rings. The van der Waals surface area contributed by atoms with Crippen molar-refractivity contribution in [3.05, 3.63) is 0 Å². The molecule has 2 heteroatoms. The first kappa shape index (κ1) is 15.7. The average molecular weight is 200 g/mol. The van der Waals surface area contributed by atoms with E-state index in [2.05, 4.69) is 6.92 Å². The molecule has 1 atom stereocenters. The zero-order valence-electron chi connectivity index (χ0n) is 10.7.